The fourth-order valence-electron chi connectivity index (χ4n) is 3.26. The molecule has 9 heteroatoms. The third-order valence-corrected chi connectivity index (χ3v) is 7.18. The molecule has 0 saturated heterocycles. The predicted molar refractivity (Wildman–Crippen MR) is 107 cm³/mol. The highest BCUT2D eigenvalue weighted by Crippen LogP contribution is 2.24. The van der Waals surface area contributed by atoms with E-state index >= 15 is 0 Å². The van der Waals surface area contributed by atoms with Gasteiger partial charge in [0.2, 0.25) is 10.0 Å². The van der Waals surface area contributed by atoms with Crippen LogP contribution in [0, 0.1) is 0 Å². The summed E-state index contributed by atoms with van der Waals surface area (Å²) in [6.07, 6.45) is 5.18. The topological polar surface area (TPSA) is 92.8 Å². The van der Waals surface area contributed by atoms with E-state index in [1.807, 2.05) is 0 Å². The van der Waals surface area contributed by atoms with Gasteiger partial charge < -0.3 is 10.1 Å². The number of rotatable bonds is 8. The lowest BCUT2D eigenvalue weighted by molar-refractivity contribution is -0.125. The van der Waals surface area contributed by atoms with Gasteiger partial charge >= 0.3 is 5.97 Å². The van der Waals surface area contributed by atoms with Crippen molar-refractivity contribution in [2.24, 2.45) is 0 Å². The van der Waals surface area contributed by atoms with Gasteiger partial charge in [0.05, 0.1) is 15.5 Å². The molecule has 1 aliphatic carbocycles. The van der Waals surface area contributed by atoms with E-state index in [9.17, 15) is 18.0 Å². The highest BCUT2D eigenvalue weighted by atomic mass is 35.5. The van der Waals surface area contributed by atoms with E-state index in [4.69, 9.17) is 16.3 Å². The van der Waals surface area contributed by atoms with Crippen LogP contribution in [0.3, 0.4) is 0 Å². The van der Waals surface area contributed by atoms with Crippen molar-refractivity contribution in [1.82, 2.24) is 9.62 Å². The molecule has 1 saturated carbocycles. The zero-order valence-electron chi connectivity index (χ0n) is 16.2. The molecule has 0 bridgehead atoms. The zero-order chi connectivity index (χ0) is 20.7. The van der Waals surface area contributed by atoms with Gasteiger partial charge in [-0.2, -0.15) is 4.31 Å². The molecule has 0 aromatic heterocycles. The number of sulfonamides is 1. The molecule has 0 spiro atoms. The van der Waals surface area contributed by atoms with Crippen LogP contribution in [0.15, 0.2) is 23.1 Å². The first kappa shape index (κ1) is 22.6. The molecule has 0 radical (unpaired) electrons. The summed E-state index contributed by atoms with van der Waals surface area (Å²) in [4.78, 5) is 24.3. The van der Waals surface area contributed by atoms with Crippen LogP contribution in [0.25, 0.3) is 0 Å². The number of carbonyl (C=O) groups excluding carboxylic acids is 2. The second kappa shape index (κ2) is 10.2. The summed E-state index contributed by atoms with van der Waals surface area (Å²) < 4.78 is 31.6. The number of amides is 1. The van der Waals surface area contributed by atoms with Gasteiger partial charge in [0, 0.05) is 19.1 Å². The van der Waals surface area contributed by atoms with Crippen molar-refractivity contribution in [2.75, 3.05) is 19.7 Å². The average Bonchev–Trinajstić information content (AvgIpc) is 2.68. The standard InChI is InChI=1S/C19H27ClN2O5S/c1-3-22(4-2)28(25,26)15-10-11-17(20)16(12-15)19(24)27-13-18(23)21-14-8-6-5-7-9-14/h10-12,14H,3-9,13H2,1-2H3,(H,21,23). The van der Waals surface area contributed by atoms with E-state index in [1.54, 1.807) is 13.8 Å². The second-order valence-corrected chi connectivity index (χ2v) is 9.05. The Balaban J connectivity index is 2.05. The third-order valence-electron chi connectivity index (χ3n) is 4.81. The number of halogens is 1. The highest BCUT2D eigenvalue weighted by Gasteiger charge is 2.25. The molecule has 7 nitrogen and oxygen atoms in total. The number of nitrogens with zero attached hydrogens (tertiary/aromatic N) is 1. The van der Waals surface area contributed by atoms with Crippen molar-refractivity contribution >= 4 is 33.5 Å². The summed E-state index contributed by atoms with van der Waals surface area (Å²) in [6, 6.07) is 4.00. The molecular formula is C19H27ClN2O5S. The SMILES string of the molecule is CCN(CC)S(=O)(=O)c1ccc(Cl)c(C(=O)OCC(=O)NC2CCCCC2)c1. The van der Waals surface area contributed by atoms with E-state index in [0.717, 1.165) is 25.7 Å². The summed E-state index contributed by atoms with van der Waals surface area (Å²) in [7, 11) is -3.74. The first-order chi connectivity index (χ1) is 13.3. The van der Waals surface area contributed by atoms with Gasteiger partial charge in [-0.25, -0.2) is 13.2 Å². The number of hydrogen-bond donors (Lipinski definition) is 1. The molecule has 1 N–H and O–H groups in total. The molecule has 0 atom stereocenters. The second-order valence-electron chi connectivity index (χ2n) is 6.71. The maximum absolute atomic E-state index is 12.6. The van der Waals surface area contributed by atoms with Gasteiger partial charge in [-0.3, -0.25) is 4.79 Å². The maximum atomic E-state index is 12.6. The van der Waals surface area contributed by atoms with Crippen LogP contribution in [0.1, 0.15) is 56.3 Å². The lowest BCUT2D eigenvalue weighted by atomic mass is 9.95. The van der Waals surface area contributed by atoms with Gasteiger partial charge in [-0.1, -0.05) is 44.7 Å². The number of esters is 1. The minimum atomic E-state index is -3.74. The highest BCUT2D eigenvalue weighted by molar-refractivity contribution is 7.89. The zero-order valence-corrected chi connectivity index (χ0v) is 17.8. The summed E-state index contributed by atoms with van der Waals surface area (Å²) in [5, 5.41) is 2.92. The predicted octanol–water partition coefficient (Wildman–Crippen LogP) is 2.98. The fourth-order valence-corrected chi connectivity index (χ4v) is 4.94. The van der Waals surface area contributed by atoms with Crippen LogP contribution in [-0.4, -0.2) is 50.3 Å². The molecule has 1 aromatic rings. The van der Waals surface area contributed by atoms with Crippen molar-refractivity contribution in [3.05, 3.63) is 28.8 Å². The number of nitrogens with one attached hydrogen (secondary N) is 1. The molecule has 1 aliphatic rings. The van der Waals surface area contributed by atoms with E-state index in [0.29, 0.717) is 13.1 Å². The van der Waals surface area contributed by atoms with Crippen molar-refractivity contribution in [1.29, 1.82) is 0 Å². The normalized spacial score (nSPS) is 15.4. The summed E-state index contributed by atoms with van der Waals surface area (Å²) in [5.41, 5.74) is -0.0830. The van der Waals surface area contributed by atoms with Gasteiger partial charge in [0.25, 0.3) is 5.91 Å². The minimum absolute atomic E-state index is 0.0424. The molecule has 1 amide bonds. The van der Waals surface area contributed by atoms with E-state index in [1.165, 1.54) is 28.9 Å². The smallest absolute Gasteiger partial charge is 0.340 e. The average molecular weight is 431 g/mol. The lowest BCUT2D eigenvalue weighted by Gasteiger charge is -2.22. The molecule has 0 aliphatic heterocycles. The third kappa shape index (κ3) is 5.68. The Morgan fingerprint density at radius 2 is 1.82 bits per heavy atom. The quantitative estimate of drug-likeness (QED) is 0.640. The van der Waals surface area contributed by atoms with Gasteiger partial charge in [-0.15, -0.1) is 0 Å². The molecular weight excluding hydrogens is 404 g/mol. The Morgan fingerprint density at radius 3 is 2.43 bits per heavy atom. The summed E-state index contributed by atoms with van der Waals surface area (Å²) in [5.74, 6) is -1.20. The van der Waals surface area contributed by atoms with Crippen LogP contribution in [0.2, 0.25) is 5.02 Å². The monoisotopic (exact) mass is 430 g/mol. The molecule has 0 heterocycles. The number of carbonyl (C=O) groups is 2. The molecule has 1 fully saturated rings. The van der Waals surface area contributed by atoms with Crippen molar-refractivity contribution in [3.8, 4) is 0 Å². The molecule has 2 rings (SSSR count). The lowest BCUT2D eigenvalue weighted by Crippen LogP contribution is -2.38. The number of hydrogen-bond acceptors (Lipinski definition) is 5. The molecule has 0 unspecified atom stereocenters. The van der Waals surface area contributed by atoms with E-state index in [-0.39, 0.29) is 27.4 Å². The van der Waals surface area contributed by atoms with Crippen LogP contribution in [-0.2, 0) is 19.6 Å². The fraction of sp³-hybridized carbons (Fsp3) is 0.579. The summed E-state index contributed by atoms with van der Waals surface area (Å²) >= 11 is 6.05. The molecule has 1 aromatic carbocycles. The Kier molecular flexibility index (Phi) is 8.27. The van der Waals surface area contributed by atoms with Crippen molar-refractivity contribution < 1.29 is 22.7 Å². The largest absolute Gasteiger partial charge is 0.452 e. The van der Waals surface area contributed by atoms with Gasteiger partial charge in [-0.05, 0) is 31.0 Å². The Labute approximate surface area is 171 Å². The Hall–Kier alpha value is -1.64. The molecule has 28 heavy (non-hydrogen) atoms. The van der Waals surface area contributed by atoms with Crippen LogP contribution in [0.4, 0.5) is 0 Å². The number of benzene rings is 1. The van der Waals surface area contributed by atoms with Crippen LogP contribution >= 0.6 is 11.6 Å². The van der Waals surface area contributed by atoms with E-state index < -0.39 is 22.6 Å². The van der Waals surface area contributed by atoms with Crippen molar-refractivity contribution in [2.45, 2.75) is 56.9 Å². The maximum Gasteiger partial charge on any atom is 0.340 e. The van der Waals surface area contributed by atoms with Crippen molar-refractivity contribution in [3.63, 3.8) is 0 Å². The van der Waals surface area contributed by atoms with E-state index in [2.05, 4.69) is 5.32 Å². The summed E-state index contributed by atoms with van der Waals surface area (Å²) in [6.45, 7) is 3.65. The van der Waals surface area contributed by atoms with Gasteiger partial charge in [0.1, 0.15) is 0 Å². The van der Waals surface area contributed by atoms with Crippen LogP contribution < -0.4 is 5.32 Å². The Morgan fingerprint density at radius 1 is 1.18 bits per heavy atom. The first-order valence-corrected chi connectivity index (χ1v) is 11.4. The number of ether oxygens (including phenoxy) is 1. The van der Waals surface area contributed by atoms with Crippen LogP contribution in [0.5, 0.6) is 0 Å². The van der Waals surface area contributed by atoms with Gasteiger partial charge in [0.15, 0.2) is 6.61 Å². The minimum Gasteiger partial charge on any atom is -0.452 e. The Bertz CT molecular complexity index is 803. The molecule has 156 valence electrons. The first-order valence-electron chi connectivity index (χ1n) is 9.55.